The second kappa shape index (κ2) is 5.92. The van der Waals surface area contributed by atoms with Crippen molar-refractivity contribution in [3.63, 3.8) is 0 Å². The standard InChI is InChI=1S/C12H18O3/c1-4-5-6-7-8-13-9-11-10-14-12(2,3)15-11/h4,11H,1,5,8-10H2,2-3H3/t11-/m0/s1. The normalized spacial score (nSPS) is 23.2. The van der Waals surface area contributed by atoms with Gasteiger partial charge in [0.2, 0.25) is 0 Å². The molecule has 0 aromatic rings. The number of hydrogen-bond donors (Lipinski definition) is 0. The summed E-state index contributed by atoms with van der Waals surface area (Å²) in [5.41, 5.74) is 0. The first-order valence-corrected chi connectivity index (χ1v) is 5.10. The van der Waals surface area contributed by atoms with E-state index in [1.165, 1.54) is 0 Å². The number of hydrogen-bond acceptors (Lipinski definition) is 3. The van der Waals surface area contributed by atoms with Crippen LogP contribution in [-0.2, 0) is 14.2 Å². The van der Waals surface area contributed by atoms with E-state index < -0.39 is 5.79 Å². The topological polar surface area (TPSA) is 27.7 Å². The molecule has 0 aromatic heterocycles. The quantitative estimate of drug-likeness (QED) is 0.402. The summed E-state index contributed by atoms with van der Waals surface area (Å²) >= 11 is 0. The molecule has 0 bridgehead atoms. The lowest BCUT2D eigenvalue weighted by atomic mass is 10.4. The molecule has 15 heavy (non-hydrogen) atoms. The van der Waals surface area contributed by atoms with Crippen molar-refractivity contribution in [1.29, 1.82) is 0 Å². The van der Waals surface area contributed by atoms with Gasteiger partial charge in [0.1, 0.15) is 12.7 Å². The van der Waals surface area contributed by atoms with Crippen LogP contribution in [0.25, 0.3) is 0 Å². The van der Waals surface area contributed by atoms with E-state index in [2.05, 4.69) is 18.4 Å². The first kappa shape index (κ1) is 12.3. The van der Waals surface area contributed by atoms with Crippen molar-refractivity contribution in [2.24, 2.45) is 0 Å². The van der Waals surface area contributed by atoms with Gasteiger partial charge in [-0.15, -0.1) is 6.58 Å². The highest BCUT2D eigenvalue weighted by molar-refractivity contribution is 5.02. The third kappa shape index (κ3) is 4.98. The predicted molar refractivity (Wildman–Crippen MR) is 58.3 cm³/mol. The molecule has 1 rings (SSSR count). The Kier molecular flexibility index (Phi) is 4.83. The Bertz CT molecular complexity index is 260. The van der Waals surface area contributed by atoms with Crippen molar-refractivity contribution in [2.75, 3.05) is 19.8 Å². The summed E-state index contributed by atoms with van der Waals surface area (Å²) in [5.74, 6) is 5.33. The van der Waals surface area contributed by atoms with E-state index >= 15 is 0 Å². The summed E-state index contributed by atoms with van der Waals surface area (Å²) in [4.78, 5) is 0. The average Bonchev–Trinajstić information content (AvgIpc) is 2.52. The zero-order chi connectivity index (χ0) is 11.1. The molecule has 3 nitrogen and oxygen atoms in total. The van der Waals surface area contributed by atoms with Gasteiger partial charge >= 0.3 is 0 Å². The first-order chi connectivity index (χ1) is 7.14. The van der Waals surface area contributed by atoms with Crippen molar-refractivity contribution >= 4 is 0 Å². The zero-order valence-corrected chi connectivity index (χ0v) is 9.41. The second-order valence-corrected chi connectivity index (χ2v) is 3.81. The minimum atomic E-state index is -0.470. The lowest BCUT2D eigenvalue weighted by Crippen LogP contribution is -2.24. The minimum Gasteiger partial charge on any atom is -0.366 e. The van der Waals surface area contributed by atoms with E-state index in [1.54, 1.807) is 6.08 Å². The van der Waals surface area contributed by atoms with Crippen LogP contribution in [0.15, 0.2) is 12.7 Å². The fraction of sp³-hybridized carbons (Fsp3) is 0.667. The molecule has 1 fully saturated rings. The lowest BCUT2D eigenvalue weighted by molar-refractivity contribution is -0.144. The Balaban J connectivity index is 2.07. The monoisotopic (exact) mass is 210 g/mol. The van der Waals surface area contributed by atoms with Gasteiger partial charge in [-0.1, -0.05) is 17.9 Å². The number of rotatable bonds is 4. The molecule has 1 heterocycles. The SMILES string of the molecule is C=CCC#CCOC[C@H]1COC(C)(C)O1. The molecule has 0 saturated carbocycles. The van der Waals surface area contributed by atoms with Crippen LogP contribution in [0.3, 0.4) is 0 Å². The van der Waals surface area contributed by atoms with Gasteiger partial charge in [-0.25, -0.2) is 0 Å². The van der Waals surface area contributed by atoms with Gasteiger partial charge in [-0.3, -0.25) is 0 Å². The van der Waals surface area contributed by atoms with Gasteiger partial charge in [0, 0.05) is 6.42 Å². The highest BCUT2D eigenvalue weighted by Gasteiger charge is 2.32. The predicted octanol–water partition coefficient (Wildman–Crippen LogP) is 1.73. The molecule has 0 unspecified atom stereocenters. The molecule has 84 valence electrons. The van der Waals surface area contributed by atoms with Gasteiger partial charge < -0.3 is 14.2 Å². The van der Waals surface area contributed by atoms with Crippen LogP contribution >= 0.6 is 0 Å². The van der Waals surface area contributed by atoms with Crippen molar-refractivity contribution in [2.45, 2.75) is 32.2 Å². The van der Waals surface area contributed by atoms with E-state index in [9.17, 15) is 0 Å². The molecule has 1 aliphatic heterocycles. The summed E-state index contributed by atoms with van der Waals surface area (Å²) < 4.78 is 16.3. The van der Waals surface area contributed by atoms with Gasteiger partial charge in [-0.05, 0) is 13.8 Å². The van der Waals surface area contributed by atoms with E-state index in [-0.39, 0.29) is 6.10 Å². The van der Waals surface area contributed by atoms with Crippen molar-refractivity contribution in [3.05, 3.63) is 12.7 Å². The second-order valence-electron chi connectivity index (χ2n) is 3.81. The van der Waals surface area contributed by atoms with Crippen LogP contribution < -0.4 is 0 Å². The van der Waals surface area contributed by atoms with Crippen molar-refractivity contribution in [3.8, 4) is 11.8 Å². The summed E-state index contributed by atoms with van der Waals surface area (Å²) in [6, 6.07) is 0. The van der Waals surface area contributed by atoms with Crippen LogP contribution in [0.1, 0.15) is 20.3 Å². The van der Waals surface area contributed by atoms with Crippen LogP contribution in [0.4, 0.5) is 0 Å². The van der Waals surface area contributed by atoms with E-state index in [0.717, 1.165) is 0 Å². The van der Waals surface area contributed by atoms with E-state index in [1.807, 2.05) is 13.8 Å². The molecule has 1 aliphatic rings. The molecule has 3 heteroatoms. The van der Waals surface area contributed by atoms with Crippen LogP contribution in [0.5, 0.6) is 0 Å². The Morgan fingerprint density at radius 2 is 2.33 bits per heavy atom. The summed E-state index contributed by atoms with van der Waals surface area (Å²) in [6.45, 7) is 8.94. The number of ether oxygens (including phenoxy) is 3. The van der Waals surface area contributed by atoms with Crippen LogP contribution in [0, 0.1) is 11.8 Å². The van der Waals surface area contributed by atoms with Crippen LogP contribution in [0.2, 0.25) is 0 Å². The summed E-state index contributed by atoms with van der Waals surface area (Å²) in [6.07, 6.45) is 2.50. The molecule has 1 saturated heterocycles. The third-order valence-corrected chi connectivity index (χ3v) is 1.92. The Morgan fingerprint density at radius 1 is 1.53 bits per heavy atom. The molecule has 0 aliphatic carbocycles. The lowest BCUT2D eigenvalue weighted by Gasteiger charge is -2.16. The minimum absolute atomic E-state index is 0.0289. The first-order valence-electron chi connectivity index (χ1n) is 5.10. The maximum absolute atomic E-state index is 5.56. The van der Waals surface area contributed by atoms with Crippen LogP contribution in [-0.4, -0.2) is 31.7 Å². The van der Waals surface area contributed by atoms with E-state index in [0.29, 0.717) is 26.2 Å². The number of allylic oxidation sites excluding steroid dienone is 1. The molecule has 1 atom stereocenters. The molecule has 0 radical (unpaired) electrons. The summed E-state index contributed by atoms with van der Waals surface area (Å²) in [5, 5.41) is 0. The van der Waals surface area contributed by atoms with Crippen molar-refractivity contribution in [1.82, 2.24) is 0 Å². The Morgan fingerprint density at radius 3 is 2.93 bits per heavy atom. The van der Waals surface area contributed by atoms with Gasteiger partial charge in [0.15, 0.2) is 5.79 Å². The fourth-order valence-corrected chi connectivity index (χ4v) is 1.28. The maximum atomic E-state index is 5.56. The fourth-order valence-electron chi connectivity index (χ4n) is 1.28. The zero-order valence-electron chi connectivity index (χ0n) is 9.41. The maximum Gasteiger partial charge on any atom is 0.163 e. The third-order valence-electron chi connectivity index (χ3n) is 1.92. The average molecular weight is 210 g/mol. The highest BCUT2D eigenvalue weighted by atomic mass is 16.7. The Labute approximate surface area is 91.4 Å². The smallest absolute Gasteiger partial charge is 0.163 e. The largest absolute Gasteiger partial charge is 0.366 e. The molecular formula is C12H18O3. The Hall–Kier alpha value is -0.820. The summed E-state index contributed by atoms with van der Waals surface area (Å²) in [7, 11) is 0. The highest BCUT2D eigenvalue weighted by Crippen LogP contribution is 2.22. The molecule has 0 amide bonds. The van der Waals surface area contributed by atoms with Gasteiger partial charge in [-0.2, -0.15) is 0 Å². The van der Waals surface area contributed by atoms with Crippen molar-refractivity contribution < 1.29 is 14.2 Å². The molecule has 0 N–H and O–H groups in total. The van der Waals surface area contributed by atoms with E-state index in [4.69, 9.17) is 14.2 Å². The molecular weight excluding hydrogens is 192 g/mol. The molecule has 0 aromatic carbocycles. The van der Waals surface area contributed by atoms with Gasteiger partial charge in [0.05, 0.1) is 13.2 Å². The molecule has 0 spiro atoms. The van der Waals surface area contributed by atoms with Gasteiger partial charge in [0.25, 0.3) is 0 Å².